The number of nitrogens with zero attached hydrogens (tertiary/aromatic N) is 5. The van der Waals surface area contributed by atoms with Crippen molar-refractivity contribution in [3.8, 4) is 17.2 Å². The molecule has 0 saturated carbocycles. The van der Waals surface area contributed by atoms with Crippen molar-refractivity contribution in [2.45, 2.75) is 45.9 Å². The number of rotatable bonds is 11. The quantitative estimate of drug-likeness (QED) is 0.241. The van der Waals surface area contributed by atoms with E-state index in [1.807, 2.05) is 65.3 Å². The molecule has 1 aliphatic heterocycles. The van der Waals surface area contributed by atoms with E-state index in [2.05, 4.69) is 51.4 Å². The third-order valence-corrected chi connectivity index (χ3v) is 7.63. The molecule has 2 aromatic heterocycles. The largest absolute Gasteiger partial charge is 0.497 e. The molecule has 3 aromatic carbocycles. The van der Waals surface area contributed by atoms with Crippen molar-refractivity contribution in [1.29, 1.82) is 0 Å². The Bertz CT molecular complexity index is 1730. The summed E-state index contributed by atoms with van der Waals surface area (Å²) >= 11 is 0. The second kappa shape index (κ2) is 12.0. The van der Waals surface area contributed by atoms with Crippen LogP contribution < -0.4 is 19.8 Å². The molecule has 1 N–H and O–H groups in total. The topological polar surface area (TPSA) is 107 Å². The molecule has 10 heteroatoms. The molecule has 0 radical (unpaired) electrons. The van der Waals surface area contributed by atoms with E-state index in [1.165, 1.54) is 5.56 Å². The summed E-state index contributed by atoms with van der Waals surface area (Å²) in [7, 11) is 1.63. The Labute approximate surface area is 243 Å². The normalized spacial score (nSPS) is 13.3. The van der Waals surface area contributed by atoms with Gasteiger partial charge in [-0.15, -0.1) is 5.10 Å². The highest BCUT2D eigenvalue weighted by Gasteiger charge is 2.30. The molecule has 10 nitrogen and oxygen atoms in total. The van der Waals surface area contributed by atoms with E-state index in [1.54, 1.807) is 7.11 Å². The maximum Gasteiger partial charge on any atom is 0.252 e. The Morgan fingerprint density at radius 3 is 2.62 bits per heavy atom. The number of hydrogen-bond acceptors (Lipinski definition) is 8. The lowest BCUT2D eigenvalue weighted by Crippen LogP contribution is -2.35. The highest BCUT2D eigenvalue weighted by Crippen LogP contribution is 2.35. The van der Waals surface area contributed by atoms with Crippen molar-refractivity contribution in [2.24, 2.45) is 5.92 Å². The van der Waals surface area contributed by atoms with Gasteiger partial charge in [-0.2, -0.15) is 0 Å². The molecule has 5 aromatic rings. The summed E-state index contributed by atoms with van der Waals surface area (Å²) in [4.78, 5) is 18.7. The number of fused-ring (bicyclic) bond motifs is 2. The molecule has 1 unspecified atom stereocenters. The maximum atomic E-state index is 13.3. The summed E-state index contributed by atoms with van der Waals surface area (Å²) in [6, 6.07) is 23.7. The summed E-state index contributed by atoms with van der Waals surface area (Å²) in [5.74, 6) is 3.09. The molecule has 216 valence electrons. The third-order valence-electron chi connectivity index (χ3n) is 7.63. The van der Waals surface area contributed by atoms with Crippen molar-refractivity contribution >= 4 is 10.9 Å². The van der Waals surface area contributed by atoms with Crippen molar-refractivity contribution in [3.05, 3.63) is 106 Å². The van der Waals surface area contributed by atoms with Gasteiger partial charge in [0.05, 0.1) is 13.2 Å². The van der Waals surface area contributed by atoms with Crippen LogP contribution in [0.25, 0.3) is 10.9 Å². The molecule has 6 rings (SSSR count). The number of hydrogen-bond donors (Lipinski definition) is 1. The summed E-state index contributed by atoms with van der Waals surface area (Å²) in [5, 5.41) is 13.9. The van der Waals surface area contributed by atoms with Crippen LogP contribution in [-0.4, -0.2) is 44.0 Å². The van der Waals surface area contributed by atoms with E-state index in [4.69, 9.17) is 14.2 Å². The Morgan fingerprint density at radius 1 is 0.976 bits per heavy atom. The minimum Gasteiger partial charge on any atom is -0.497 e. The van der Waals surface area contributed by atoms with Gasteiger partial charge in [0.25, 0.3) is 5.56 Å². The summed E-state index contributed by atoms with van der Waals surface area (Å²) in [6.07, 6.45) is 0.804. The van der Waals surface area contributed by atoms with Crippen LogP contribution in [0.5, 0.6) is 17.2 Å². The van der Waals surface area contributed by atoms with E-state index in [-0.39, 0.29) is 24.3 Å². The molecule has 42 heavy (non-hydrogen) atoms. The number of aromatic amines is 1. The van der Waals surface area contributed by atoms with Crippen molar-refractivity contribution in [1.82, 2.24) is 30.1 Å². The van der Waals surface area contributed by atoms with Crippen LogP contribution in [-0.2, 0) is 26.1 Å². The van der Waals surface area contributed by atoms with Gasteiger partial charge in [-0.3, -0.25) is 9.69 Å². The second-order valence-corrected chi connectivity index (χ2v) is 10.9. The van der Waals surface area contributed by atoms with Gasteiger partial charge < -0.3 is 19.2 Å². The van der Waals surface area contributed by atoms with Crippen LogP contribution >= 0.6 is 0 Å². The summed E-state index contributed by atoms with van der Waals surface area (Å²) in [6.45, 7) is 6.09. The molecule has 0 bridgehead atoms. The predicted molar refractivity (Wildman–Crippen MR) is 158 cm³/mol. The molecular formula is C32H34N6O4. The number of aryl methyl sites for hydroxylation is 2. The van der Waals surface area contributed by atoms with Crippen LogP contribution in [0.3, 0.4) is 0 Å². The van der Waals surface area contributed by atoms with Crippen molar-refractivity contribution in [3.63, 3.8) is 0 Å². The molecule has 0 spiro atoms. The number of nitrogens with one attached hydrogen (secondary N) is 1. The average molecular weight is 567 g/mol. The first-order chi connectivity index (χ1) is 20.5. The van der Waals surface area contributed by atoms with Crippen LogP contribution in [0.2, 0.25) is 0 Å². The number of H-pyrrole nitrogens is 1. The van der Waals surface area contributed by atoms with Gasteiger partial charge in [-0.05, 0) is 70.3 Å². The zero-order valence-electron chi connectivity index (χ0n) is 24.0. The summed E-state index contributed by atoms with van der Waals surface area (Å²) in [5.41, 5.74) is 3.53. The van der Waals surface area contributed by atoms with Gasteiger partial charge in [-0.25, -0.2) is 4.68 Å². The zero-order chi connectivity index (χ0) is 29.1. The molecule has 0 saturated heterocycles. The first-order valence-corrected chi connectivity index (χ1v) is 14.1. The third kappa shape index (κ3) is 5.84. The number of benzene rings is 3. The maximum absolute atomic E-state index is 13.3. The Morgan fingerprint density at radius 2 is 1.81 bits per heavy atom. The van der Waals surface area contributed by atoms with Gasteiger partial charge in [0.15, 0.2) is 17.3 Å². The second-order valence-electron chi connectivity index (χ2n) is 10.9. The molecule has 0 fully saturated rings. The highest BCUT2D eigenvalue weighted by molar-refractivity contribution is 5.80. The smallest absolute Gasteiger partial charge is 0.252 e. The molecule has 0 amide bonds. The molecule has 1 atom stereocenters. The van der Waals surface area contributed by atoms with E-state index < -0.39 is 0 Å². The van der Waals surface area contributed by atoms with Gasteiger partial charge in [-0.1, -0.05) is 50.2 Å². The van der Waals surface area contributed by atoms with E-state index in [9.17, 15) is 4.79 Å². The standard InChI is InChI=1S/C32H34N6O4/c1-21(2)30(31-34-35-36-38(31)14-13-22-7-5-4-6-8-22)37(18-23-9-12-28-29(15-23)42-20-41-28)19-25-16-24-17-26(40-3)10-11-27(24)33-32(25)39/h4-12,15-17,21,30H,13-14,18-20H2,1-3H3,(H,33,39). The van der Waals surface area contributed by atoms with Gasteiger partial charge >= 0.3 is 0 Å². The van der Waals surface area contributed by atoms with Crippen LogP contribution in [0, 0.1) is 5.92 Å². The first-order valence-electron chi connectivity index (χ1n) is 14.1. The Balaban J connectivity index is 1.37. The Kier molecular flexibility index (Phi) is 7.87. The number of ether oxygens (including phenoxy) is 3. The Hall–Kier alpha value is -4.70. The molecule has 1 aliphatic rings. The highest BCUT2D eigenvalue weighted by atomic mass is 16.7. The SMILES string of the molecule is COc1ccc2[nH]c(=O)c(CN(Cc3ccc4c(c3)OCO4)C(c3nnnn3CCc3ccccc3)C(C)C)cc2c1. The van der Waals surface area contributed by atoms with Gasteiger partial charge in [0.2, 0.25) is 6.79 Å². The first kappa shape index (κ1) is 27.5. The van der Waals surface area contributed by atoms with Crippen LogP contribution in [0.4, 0.5) is 0 Å². The number of tetrazole rings is 1. The van der Waals surface area contributed by atoms with Gasteiger partial charge in [0.1, 0.15) is 5.75 Å². The van der Waals surface area contributed by atoms with Gasteiger partial charge in [0, 0.05) is 36.1 Å². The lowest BCUT2D eigenvalue weighted by atomic mass is 9.99. The van der Waals surface area contributed by atoms with Crippen molar-refractivity contribution < 1.29 is 14.2 Å². The number of methoxy groups -OCH3 is 1. The fourth-order valence-electron chi connectivity index (χ4n) is 5.56. The lowest BCUT2D eigenvalue weighted by molar-refractivity contribution is 0.125. The van der Waals surface area contributed by atoms with Crippen molar-refractivity contribution in [2.75, 3.05) is 13.9 Å². The number of aromatic nitrogens is 5. The molecule has 3 heterocycles. The zero-order valence-corrected chi connectivity index (χ0v) is 24.0. The lowest BCUT2D eigenvalue weighted by Gasteiger charge is -2.33. The van der Waals surface area contributed by atoms with Crippen LogP contribution in [0.1, 0.15) is 42.4 Å². The monoisotopic (exact) mass is 566 g/mol. The van der Waals surface area contributed by atoms with E-state index >= 15 is 0 Å². The molecule has 0 aliphatic carbocycles. The minimum atomic E-state index is -0.179. The van der Waals surface area contributed by atoms with E-state index in [0.717, 1.165) is 46.0 Å². The fraction of sp³-hybridized carbons (Fsp3) is 0.312. The summed E-state index contributed by atoms with van der Waals surface area (Å²) < 4.78 is 18.5. The fourth-order valence-corrected chi connectivity index (χ4v) is 5.56. The average Bonchev–Trinajstić information content (AvgIpc) is 3.66. The number of pyridine rings is 1. The predicted octanol–water partition coefficient (Wildman–Crippen LogP) is 4.89. The minimum absolute atomic E-state index is 0.130. The van der Waals surface area contributed by atoms with Crippen LogP contribution in [0.15, 0.2) is 77.6 Å². The van der Waals surface area contributed by atoms with E-state index in [0.29, 0.717) is 25.2 Å². The molecular weight excluding hydrogens is 532 g/mol.